The van der Waals surface area contributed by atoms with Crippen molar-refractivity contribution in [2.24, 2.45) is 10.7 Å². The Bertz CT molecular complexity index is 647. The zero-order valence-electron chi connectivity index (χ0n) is 12.3. The molecule has 0 fully saturated rings. The second-order valence-electron chi connectivity index (χ2n) is 5.19. The quantitative estimate of drug-likeness (QED) is 0.941. The van der Waals surface area contributed by atoms with Gasteiger partial charge < -0.3 is 15.4 Å². The molecule has 4 nitrogen and oxygen atoms in total. The largest absolute Gasteiger partial charge is 0.497 e. The highest BCUT2D eigenvalue weighted by Gasteiger charge is 2.28. The van der Waals surface area contributed by atoms with Crippen molar-refractivity contribution in [1.29, 1.82) is 0 Å². The van der Waals surface area contributed by atoms with Crippen molar-refractivity contribution >= 4 is 11.6 Å². The van der Waals surface area contributed by atoms with Gasteiger partial charge in [-0.3, -0.25) is 4.99 Å². The Morgan fingerprint density at radius 1 is 1.10 bits per heavy atom. The summed E-state index contributed by atoms with van der Waals surface area (Å²) in [6.45, 7) is 2.77. The van der Waals surface area contributed by atoms with Gasteiger partial charge in [-0.1, -0.05) is 29.8 Å². The topological polar surface area (TPSA) is 50.9 Å². The van der Waals surface area contributed by atoms with E-state index in [-0.39, 0.29) is 6.04 Å². The van der Waals surface area contributed by atoms with E-state index in [1.165, 1.54) is 11.1 Å². The first-order valence-electron chi connectivity index (χ1n) is 6.99. The van der Waals surface area contributed by atoms with Crippen LogP contribution in [0.2, 0.25) is 0 Å². The van der Waals surface area contributed by atoms with Gasteiger partial charge >= 0.3 is 0 Å². The molecular formula is C17H19N3O. The molecule has 1 aliphatic rings. The van der Waals surface area contributed by atoms with Crippen LogP contribution in [0.25, 0.3) is 0 Å². The Kier molecular flexibility index (Phi) is 3.52. The van der Waals surface area contributed by atoms with Gasteiger partial charge in [0.25, 0.3) is 0 Å². The molecule has 0 radical (unpaired) electrons. The predicted octanol–water partition coefficient (Wildman–Crippen LogP) is 2.88. The van der Waals surface area contributed by atoms with Gasteiger partial charge in [0.2, 0.25) is 0 Å². The fourth-order valence-electron chi connectivity index (χ4n) is 2.60. The zero-order chi connectivity index (χ0) is 14.8. The summed E-state index contributed by atoms with van der Waals surface area (Å²) in [5.41, 5.74) is 9.59. The van der Waals surface area contributed by atoms with E-state index in [1.54, 1.807) is 7.11 Å². The van der Waals surface area contributed by atoms with Crippen LogP contribution < -0.4 is 15.4 Å². The third-order valence-corrected chi connectivity index (χ3v) is 3.80. The average Bonchev–Trinajstić information content (AvgIpc) is 2.90. The van der Waals surface area contributed by atoms with Crippen LogP contribution in [0.3, 0.4) is 0 Å². The number of nitrogens with zero attached hydrogens (tertiary/aromatic N) is 2. The highest BCUT2D eigenvalue weighted by atomic mass is 16.5. The number of hydrogen-bond acceptors (Lipinski definition) is 4. The number of rotatable bonds is 3. The molecule has 108 valence electrons. The van der Waals surface area contributed by atoms with Crippen molar-refractivity contribution in [1.82, 2.24) is 0 Å². The number of nitrogens with two attached hydrogens (primary N) is 1. The van der Waals surface area contributed by atoms with Gasteiger partial charge in [0.05, 0.1) is 19.7 Å². The van der Waals surface area contributed by atoms with Crippen LogP contribution in [-0.4, -0.2) is 19.6 Å². The number of guanidine groups is 1. The van der Waals surface area contributed by atoms with Gasteiger partial charge in [-0.25, -0.2) is 0 Å². The first-order chi connectivity index (χ1) is 10.2. The van der Waals surface area contributed by atoms with Crippen LogP contribution in [0, 0.1) is 6.92 Å². The van der Waals surface area contributed by atoms with Gasteiger partial charge in [-0.15, -0.1) is 0 Å². The molecule has 0 saturated heterocycles. The molecule has 1 aliphatic heterocycles. The van der Waals surface area contributed by atoms with E-state index in [0.717, 1.165) is 11.4 Å². The van der Waals surface area contributed by atoms with Crippen molar-refractivity contribution in [2.75, 3.05) is 18.6 Å². The van der Waals surface area contributed by atoms with Crippen LogP contribution in [0.15, 0.2) is 53.5 Å². The molecule has 3 rings (SSSR count). The second kappa shape index (κ2) is 5.48. The SMILES string of the molecule is COc1ccc(N2C(N)=NCC2c2ccc(C)cc2)cc1. The normalized spacial score (nSPS) is 17.7. The van der Waals surface area contributed by atoms with E-state index in [4.69, 9.17) is 10.5 Å². The van der Waals surface area contributed by atoms with E-state index in [1.807, 2.05) is 24.3 Å². The number of hydrogen-bond donors (Lipinski definition) is 1. The first kappa shape index (κ1) is 13.5. The fourth-order valence-corrected chi connectivity index (χ4v) is 2.60. The van der Waals surface area contributed by atoms with Crippen LogP contribution in [-0.2, 0) is 0 Å². The lowest BCUT2D eigenvalue weighted by atomic mass is 10.0. The Balaban J connectivity index is 1.93. The molecule has 2 N–H and O–H groups in total. The molecule has 0 aromatic heterocycles. The van der Waals surface area contributed by atoms with Crippen molar-refractivity contribution < 1.29 is 4.74 Å². The predicted molar refractivity (Wildman–Crippen MR) is 85.9 cm³/mol. The number of methoxy groups -OCH3 is 1. The summed E-state index contributed by atoms with van der Waals surface area (Å²) >= 11 is 0. The lowest BCUT2D eigenvalue weighted by Gasteiger charge is -2.27. The highest BCUT2D eigenvalue weighted by molar-refractivity contribution is 5.97. The lowest BCUT2D eigenvalue weighted by molar-refractivity contribution is 0.415. The fraction of sp³-hybridized carbons (Fsp3) is 0.235. The minimum absolute atomic E-state index is 0.152. The lowest BCUT2D eigenvalue weighted by Crippen LogP contribution is -2.36. The molecule has 1 unspecified atom stereocenters. The summed E-state index contributed by atoms with van der Waals surface area (Å²) < 4.78 is 5.20. The second-order valence-corrected chi connectivity index (χ2v) is 5.19. The van der Waals surface area contributed by atoms with Gasteiger partial charge in [0, 0.05) is 5.69 Å². The monoisotopic (exact) mass is 281 g/mol. The molecule has 0 spiro atoms. The standard InChI is InChI=1S/C17H19N3O/c1-12-3-5-13(6-4-12)16-11-19-17(18)20(16)14-7-9-15(21-2)10-8-14/h3-10,16H,11H2,1-2H3,(H2,18,19). The van der Waals surface area contributed by atoms with Crippen LogP contribution in [0.4, 0.5) is 5.69 Å². The third kappa shape index (κ3) is 2.57. The summed E-state index contributed by atoms with van der Waals surface area (Å²) in [6, 6.07) is 16.6. The number of benzene rings is 2. The van der Waals surface area contributed by atoms with Gasteiger partial charge in [0.15, 0.2) is 5.96 Å². The molecular weight excluding hydrogens is 262 g/mol. The maximum Gasteiger partial charge on any atom is 0.196 e. The Hall–Kier alpha value is -2.49. The summed E-state index contributed by atoms with van der Waals surface area (Å²) in [6.07, 6.45) is 0. The van der Waals surface area contributed by atoms with Gasteiger partial charge in [0.1, 0.15) is 5.75 Å². The van der Waals surface area contributed by atoms with Crippen molar-refractivity contribution in [3.63, 3.8) is 0 Å². The molecule has 2 aromatic carbocycles. The Morgan fingerprint density at radius 2 is 1.76 bits per heavy atom. The molecule has 0 aliphatic carbocycles. The minimum Gasteiger partial charge on any atom is -0.497 e. The highest BCUT2D eigenvalue weighted by Crippen LogP contribution is 2.32. The van der Waals surface area contributed by atoms with Crippen LogP contribution >= 0.6 is 0 Å². The van der Waals surface area contributed by atoms with Crippen molar-refractivity contribution in [3.8, 4) is 5.75 Å². The van der Waals surface area contributed by atoms with E-state index in [0.29, 0.717) is 12.5 Å². The summed E-state index contributed by atoms with van der Waals surface area (Å²) in [5.74, 6) is 1.39. The van der Waals surface area contributed by atoms with Gasteiger partial charge in [-0.2, -0.15) is 0 Å². The summed E-state index contributed by atoms with van der Waals surface area (Å²) in [4.78, 5) is 6.48. The number of ether oxygens (including phenoxy) is 1. The molecule has 1 heterocycles. The smallest absolute Gasteiger partial charge is 0.196 e. The average molecular weight is 281 g/mol. The van der Waals surface area contributed by atoms with Crippen molar-refractivity contribution in [2.45, 2.75) is 13.0 Å². The molecule has 0 bridgehead atoms. The maximum absolute atomic E-state index is 6.08. The number of aliphatic imine (C=N–C) groups is 1. The molecule has 0 saturated carbocycles. The van der Waals surface area contributed by atoms with E-state index in [9.17, 15) is 0 Å². The molecule has 21 heavy (non-hydrogen) atoms. The third-order valence-electron chi connectivity index (χ3n) is 3.80. The zero-order valence-corrected chi connectivity index (χ0v) is 12.3. The number of aryl methyl sites for hydroxylation is 1. The Morgan fingerprint density at radius 3 is 2.38 bits per heavy atom. The minimum atomic E-state index is 0.152. The molecule has 4 heteroatoms. The van der Waals surface area contributed by atoms with Crippen LogP contribution in [0.1, 0.15) is 17.2 Å². The molecule has 1 atom stereocenters. The summed E-state index contributed by atoms with van der Waals surface area (Å²) in [5, 5.41) is 0. The molecule has 0 amide bonds. The van der Waals surface area contributed by atoms with E-state index < -0.39 is 0 Å². The van der Waals surface area contributed by atoms with Crippen LogP contribution in [0.5, 0.6) is 5.75 Å². The van der Waals surface area contributed by atoms with Gasteiger partial charge in [-0.05, 0) is 36.8 Å². The maximum atomic E-state index is 6.08. The Labute approximate surface area is 124 Å². The van der Waals surface area contributed by atoms with Crippen molar-refractivity contribution in [3.05, 3.63) is 59.7 Å². The number of anilines is 1. The summed E-state index contributed by atoms with van der Waals surface area (Å²) in [7, 11) is 1.66. The van der Waals surface area contributed by atoms with E-state index >= 15 is 0 Å². The molecule has 2 aromatic rings. The first-order valence-corrected chi connectivity index (χ1v) is 6.99. The van der Waals surface area contributed by atoms with E-state index in [2.05, 4.69) is 41.1 Å².